The molecule has 2 aromatic carbocycles. The summed E-state index contributed by atoms with van der Waals surface area (Å²) in [4.78, 5) is 9.99. The molecular formula is C14H13NO5S. The minimum absolute atomic E-state index is 0.0501. The van der Waals surface area contributed by atoms with Crippen molar-refractivity contribution in [3.05, 3.63) is 75.8 Å². The maximum Gasteiger partial charge on any atom is 0.271 e. The van der Waals surface area contributed by atoms with Crippen LogP contribution in [0.4, 0.5) is 5.69 Å². The summed E-state index contributed by atoms with van der Waals surface area (Å²) in [5, 5.41) is 10.5. The SMILES string of the molecule is O=[N+]([O-])c1ccc(COS(=O)(=O)Cc2ccccc2)cc1. The van der Waals surface area contributed by atoms with Crippen LogP contribution in [0.3, 0.4) is 0 Å². The molecule has 0 radical (unpaired) electrons. The summed E-state index contributed by atoms with van der Waals surface area (Å²) in [5.41, 5.74) is 1.14. The molecule has 7 heteroatoms. The van der Waals surface area contributed by atoms with Crippen LogP contribution in [0, 0.1) is 10.1 Å². The summed E-state index contributed by atoms with van der Waals surface area (Å²) in [6, 6.07) is 14.3. The number of hydrogen-bond acceptors (Lipinski definition) is 5. The van der Waals surface area contributed by atoms with Gasteiger partial charge in [-0.25, -0.2) is 0 Å². The fourth-order valence-corrected chi connectivity index (χ4v) is 2.69. The maximum atomic E-state index is 11.8. The molecule has 2 aromatic rings. The topological polar surface area (TPSA) is 86.5 Å². The summed E-state index contributed by atoms with van der Waals surface area (Å²) in [7, 11) is -3.69. The van der Waals surface area contributed by atoms with Gasteiger partial charge in [0.2, 0.25) is 0 Å². The van der Waals surface area contributed by atoms with Gasteiger partial charge in [0.1, 0.15) is 5.75 Å². The van der Waals surface area contributed by atoms with E-state index in [1.807, 2.05) is 0 Å². The Morgan fingerprint density at radius 2 is 1.57 bits per heavy atom. The number of nitro groups is 1. The van der Waals surface area contributed by atoms with E-state index in [0.717, 1.165) is 0 Å². The van der Waals surface area contributed by atoms with Crippen LogP contribution in [0.2, 0.25) is 0 Å². The number of nitrogens with zero attached hydrogens (tertiary/aromatic N) is 1. The number of benzene rings is 2. The molecule has 110 valence electrons. The van der Waals surface area contributed by atoms with Crippen LogP contribution in [-0.4, -0.2) is 13.3 Å². The van der Waals surface area contributed by atoms with E-state index in [2.05, 4.69) is 0 Å². The molecule has 0 atom stereocenters. The molecular weight excluding hydrogens is 294 g/mol. The van der Waals surface area contributed by atoms with Crippen molar-refractivity contribution < 1.29 is 17.5 Å². The first-order valence-electron chi connectivity index (χ1n) is 6.11. The number of hydrogen-bond donors (Lipinski definition) is 0. The summed E-state index contributed by atoms with van der Waals surface area (Å²) in [6.07, 6.45) is 0. The van der Waals surface area contributed by atoms with Crippen molar-refractivity contribution in [3.63, 3.8) is 0 Å². The molecule has 0 unspecified atom stereocenters. The fourth-order valence-electron chi connectivity index (χ4n) is 1.69. The number of non-ortho nitro benzene ring substituents is 1. The van der Waals surface area contributed by atoms with Crippen LogP contribution in [0.15, 0.2) is 54.6 Å². The first-order chi connectivity index (χ1) is 9.96. The number of nitro benzene ring substituents is 1. The minimum Gasteiger partial charge on any atom is -0.265 e. The average molecular weight is 307 g/mol. The van der Waals surface area contributed by atoms with Gasteiger partial charge >= 0.3 is 0 Å². The van der Waals surface area contributed by atoms with E-state index in [4.69, 9.17) is 4.18 Å². The second kappa shape index (κ2) is 6.47. The van der Waals surface area contributed by atoms with Crippen molar-refractivity contribution in [1.82, 2.24) is 0 Å². The first-order valence-corrected chi connectivity index (χ1v) is 7.68. The van der Waals surface area contributed by atoms with Gasteiger partial charge in [0, 0.05) is 12.1 Å². The Labute approximate surface area is 122 Å². The van der Waals surface area contributed by atoms with E-state index in [1.165, 1.54) is 24.3 Å². The van der Waals surface area contributed by atoms with Gasteiger partial charge in [-0.3, -0.25) is 14.3 Å². The summed E-state index contributed by atoms with van der Waals surface area (Å²) >= 11 is 0. The highest BCUT2D eigenvalue weighted by atomic mass is 32.2. The lowest BCUT2D eigenvalue weighted by Gasteiger charge is -2.06. The van der Waals surface area contributed by atoms with Crippen molar-refractivity contribution in [1.29, 1.82) is 0 Å². The molecule has 0 aliphatic rings. The Kier molecular flexibility index (Phi) is 4.66. The standard InChI is InChI=1S/C14H13NO5S/c16-15(17)14-8-6-12(7-9-14)10-20-21(18,19)11-13-4-2-1-3-5-13/h1-9H,10-11H2. The third-order valence-corrected chi connectivity index (χ3v) is 3.90. The molecule has 0 aliphatic heterocycles. The highest BCUT2D eigenvalue weighted by Crippen LogP contribution is 2.14. The van der Waals surface area contributed by atoms with Gasteiger partial charge in [0.15, 0.2) is 0 Å². The largest absolute Gasteiger partial charge is 0.271 e. The Hall–Kier alpha value is -2.25. The lowest BCUT2D eigenvalue weighted by Crippen LogP contribution is -2.08. The average Bonchev–Trinajstić information content (AvgIpc) is 2.46. The molecule has 0 fully saturated rings. The third-order valence-electron chi connectivity index (χ3n) is 2.74. The molecule has 0 N–H and O–H groups in total. The summed E-state index contributed by atoms with van der Waals surface area (Å²) in [6.45, 7) is -0.146. The predicted octanol–water partition coefficient (Wildman–Crippen LogP) is 2.64. The van der Waals surface area contributed by atoms with Crippen LogP contribution >= 0.6 is 0 Å². The van der Waals surface area contributed by atoms with Gasteiger partial charge < -0.3 is 0 Å². The van der Waals surface area contributed by atoms with Gasteiger partial charge in [-0.05, 0) is 23.3 Å². The zero-order chi connectivity index (χ0) is 15.3. The Balaban J connectivity index is 1.97. The molecule has 6 nitrogen and oxygen atoms in total. The van der Waals surface area contributed by atoms with E-state index in [-0.39, 0.29) is 18.0 Å². The molecule has 0 spiro atoms. The Morgan fingerprint density at radius 3 is 2.14 bits per heavy atom. The van der Waals surface area contributed by atoms with Gasteiger partial charge in [0.05, 0.1) is 11.5 Å². The van der Waals surface area contributed by atoms with E-state index < -0.39 is 15.0 Å². The van der Waals surface area contributed by atoms with Crippen LogP contribution < -0.4 is 0 Å². The number of rotatable bonds is 6. The van der Waals surface area contributed by atoms with Crippen molar-refractivity contribution >= 4 is 15.8 Å². The minimum atomic E-state index is -3.69. The Morgan fingerprint density at radius 1 is 0.952 bits per heavy atom. The molecule has 0 saturated carbocycles. The quantitative estimate of drug-likeness (QED) is 0.465. The lowest BCUT2D eigenvalue weighted by molar-refractivity contribution is -0.384. The van der Waals surface area contributed by atoms with Crippen LogP contribution in [0.1, 0.15) is 11.1 Å². The highest BCUT2D eigenvalue weighted by molar-refractivity contribution is 7.85. The second-order valence-electron chi connectivity index (χ2n) is 4.37. The van der Waals surface area contributed by atoms with E-state index in [9.17, 15) is 18.5 Å². The van der Waals surface area contributed by atoms with Crippen molar-refractivity contribution in [2.45, 2.75) is 12.4 Å². The van der Waals surface area contributed by atoms with Crippen molar-refractivity contribution in [2.75, 3.05) is 0 Å². The highest BCUT2D eigenvalue weighted by Gasteiger charge is 2.13. The van der Waals surface area contributed by atoms with E-state index >= 15 is 0 Å². The second-order valence-corrected chi connectivity index (χ2v) is 6.01. The summed E-state index contributed by atoms with van der Waals surface area (Å²) in [5.74, 6) is -0.208. The van der Waals surface area contributed by atoms with Crippen LogP contribution in [0.5, 0.6) is 0 Å². The molecule has 0 saturated heterocycles. The van der Waals surface area contributed by atoms with E-state index in [1.54, 1.807) is 30.3 Å². The molecule has 0 heterocycles. The zero-order valence-electron chi connectivity index (χ0n) is 11.0. The van der Waals surface area contributed by atoms with Crippen LogP contribution in [-0.2, 0) is 26.7 Å². The molecule has 0 aliphatic carbocycles. The first kappa shape index (κ1) is 15.1. The third kappa shape index (κ3) is 4.66. The smallest absolute Gasteiger partial charge is 0.265 e. The Bertz CT molecular complexity index is 711. The summed E-state index contributed by atoms with van der Waals surface area (Å²) < 4.78 is 28.6. The monoisotopic (exact) mass is 307 g/mol. The molecule has 0 aromatic heterocycles. The van der Waals surface area contributed by atoms with Gasteiger partial charge in [-0.1, -0.05) is 30.3 Å². The van der Waals surface area contributed by atoms with Gasteiger partial charge in [0.25, 0.3) is 15.8 Å². The van der Waals surface area contributed by atoms with Crippen molar-refractivity contribution in [3.8, 4) is 0 Å². The lowest BCUT2D eigenvalue weighted by atomic mass is 10.2. The molecule has 2 rings (SSSR count). The molecule has 21 heavy (non-hydrogen) atoms. The molecule has 0 bridgehead atoms. The van der Waals surface area contributed by atoms with E-state index in [0.29, 0.717) is 11.1 Å². The predicted molar refractivity (Wildman–Crippen MR) is 77.0 cm³/mol. The van der Waals surface area contributed by atoms with Crippen molar-refractivity contribution in [2.24, 2.45) is 0 Å². The molecule has 0 amide bonds. The zero-order valence-corrected chi connectivity index (χ0v) is 11.8. The fraction of sp³-hybridized carbons (Fsp3) is 0.143. The normalized spacial score (nSPS) is 11.2. The van der Waals surface area contributed by atoms with Gasteiger partial charge in [-0.2, -0.15) is 8.42 Å². The van der Waals surface area contributed by atoms with Gasteiger partial charge in [-0.15, -0.1) is 0 Å². The maximum absolute atomic E-state index is 11.8. The van der Waals surface area contributed by atoms with Crippen LogP contribution in [0.25, 0.3) is 0 Å².